The number of rotatable bonds is 2. The fraction of sp³-hybridized carbons (Fsp3) is 0.471. The van der Waals surface area contributed by atoms with Crippen molar-refractivity contribution < 1.29 is 13.9 Å². The van der Waals surface area contributed by atoms with Crippen molar-refractivity contribution in [2.24, 2.45) is 0 Å². The maximum Gasteiger partial charge on any atom is 0.254 e. The fourth-order valence-corrected chi connectivity index (χ4v) is 3.31. The second-order valence-electron chi connectivity index (χ2n) is 6.11. The maximum atomic E-state index is 12.8. The van der Waals surface area contributed by atoms with Gasteiger partial charge in [0.15, 0.2) is 6.10 Å². The van der Waals surface area contributed by atoms with E-state index in [2.05, 4.69) is 16.3 Å². The lowest BCUT2D eigenvalue weighted by molar-refractivity contribution is -0.0349. The summed E-state index contributed by atoms with van der Waals surface area (Å²) in [6.45, 7) is 3.24. The van der Waals surface area contributed by atoms with Crippen molar-refractivity contribution >= 4 is 5.91 Å². The summed E-state index contributed by atoms with van der Waals surface area (Å²) >= 11 is 0. The Bertz CT molecular complexity index is 740. The molecule has 1 atom stereocenters. The van der Waals surface area contributed by atoms with E-state index in [1.165, 1.54) is 17.5 Å². The summed E-state index contributed by atoms with van der Waals surface area (Å²) in [6, 6.07) is 6.08. The van der Waals surface area contributed by atoms with E-state index in [1.807, 2.05) is 17.0 Å². The third-order valence-corrected chi connectivity index (χ3v) is 4.52. The molecule has 1 saturated heterocycles. The molecule has 6 nitrogen and oxygen atoms in total. The molecule has 0 radical (unpaired) electrons. The Kier molecular flexibility index (Phi) is 3.61. The van der Waals surface area contributed by atoms with Gasteiger partial charge < -0.3 is 14.1 Å². The number of aromatic nitrogens is 2. The molecular weight excluding hydrogens is 294 g/mol. The highest BCUT2D eigenvalue weighted by atomic mass is 16.5. The number of aryl methyl sites for hydroxylation is 3. The number of ether oxygens (including phenoxy) is 1. The Hall–Kier alpha value is -2.21. The molecule has 23 heavy (non-hydrogen) atoms. The Morgan fingerprint density at radius 1 is 1.26 bits per heavy atom. The van der Waals surface area contributed by atoms with Gasteiger partial charge in [-0.05, 0) is 42.5 Å². The van der Waals surface area contributed by atoms with Gasteiger partial charge in [-0.25, -0.2) is 0 Å². The van der Waals surface area contributed by atoms with Gasteiger partial charge in [-0.2, -0.15) is 0 Å². The molecule has 1 amide bonds. The molecule has 6 heteroatoms. The third-order valence-electron chi connectivity index (χ3n) is 4.52. The number of hydrogen-bond donors (Lipinski definition) is 0. The summed E-state index contributed by atoms with van der Waals surface area (Å²) in [4.78, 5) is 14.6. The van der Waals surface area contributed by atoms with Gasteiger partial charge in [-0.1, -0.05) is 6.07 Å². The zero-order chi connectivity index (χ0) is 15.8. The predicted octanol–water partition coefficient (Wildman–Crippen LogP) is 2.08. The number of nitrogens with zero attached hydrogens (tertiary/aromatic N) is 3. The molecule has 1 aromatic heterocycles. The standard InChI is InChI=1S/C17H19N3O3/c1-11-18-19-16(23-11)15-10-20(7-8-22-15)17(21)14-6-5-12-3-2-4-13(12)9-14/h5-6,9,15H,2-4,7-8,10H2,1H3. The predicted molar refractivity (Wildman–Crippen MR) is 82.1 cm³/mol. The molecule has 0 saturated carbocycles. The van der Waals surface area contributed by atoms with Crippen LogP contribution in [-0.2, 0) is 17.6 Å². The Morgan fingerprint density at radius 3 is 2.96 bits per heavy atom. The molecule has 1 aromatic carbocycles. The molecule has 1 unspecified atom stereocenters. The van der Waals surface area contributed by atoms with Crippen LogP contribution in [0, 0.1) is 6.92 Å². The molecule has 1 fully saturated rings. The summed E-state index contributed by atoms with van der Waals surface area (Å²) < 4.78 is 11.1. The van der Waals surface area contributed by atoms with E-state index in [0.29, 0.717) is 31.5 Å². The average molecular weight is 313 g/mol. The number of morpholine rings is 1. The SMILES string of the molecule is Cc1nnc(C2CN(C(=O)c3ccc4c(c3)CCC4)CCO2)o1. The first kappa shape index (κ1) is 14.4. The van der Waals surface area contributed by atoms with Crippen LogP contribution in [0.25, 0.3) is 0 Å². The zero-order valence-electron chi connectivity index (χ0n) is 13.1. The van der Waals surface area contributed by atoms with Gasteiger partial charge in [-0.15, -0.1) is 10.2 Å². The molecule has 1 aliphatic heterocycles. The lowest BCUT2D eigenvalue weighted by Crippen LogP contribution is -2.42. The van der Waals surface area contributed by atoms with Crippen molar-refractivity contribution in [2.75, 3.05) is 19.7 Å². The number of carbonyl (C=O) groups is 1. The second kappa shape index (κ2) is 5.77. The molecular formula is C17H19N3O3. The molecule has 0 bridgehead atoms. The largest absolute Gasteiger partial charge is 0.423 e. The number of carbonyl (C=O) groups excluding carboxylic acids is 1. The van der Waals surface area contributed by atoms with E-state index in [0.717, 1.165) is 18.4 Å². The number of amides is 1. The minimum absolute atomic E-state index is 0.0456. The van der Waals surface area contributed by atoms with Crippen LogP contribution in [0.2, 0.25) is 0 Å². The summed E-state index contributed by atoms with van der Waals surface area (Å²) in [5.74, 6) is 0.990. The minimum atomic E-state index is -0.344. The Balaban J connectivity index is 1.51. The van der Waals surface area contributed by atoms with Gasteiger partial charge in [0.2, 0.25) is 11.8 Å². The first-order valence-corrected chi connectivity index (χ1v) is 8.03. The van der Waals surface area contributed by atoms with Crippen molar-refractivity contribution in [3.63, 3.8) is 0 Å². The van der Waals surface area contributed by atoms with Crippen molar-refractivity contribution in [3.8, 4) is 0 Å². The third kappa shape index (κ3) is 2.74. The second-order valence-corrected chi connectivity index (χ2v) is 6.11. The molecule has 1 aliphatic carbocycles. The van der Waals surface area contributed by atoms with Gasteiger partial charge in [-0.3, -0.25) is 4.79 Å². The van der Waals surface area contributed by atoms with Crippen LogP contribution in [0.4, 0.5) is 0 Å². The average Bonchev–Trinajstić information content (AvgIpc) is 3.22. The van der Waals surface area contributed by atoms with E-state index >= 15 is 0 Å². The highest BCUT2D eigenvalue weighted by Gasteiger charge is 2.29. The first-order valence-electron chi connectivity index (χ1n) is 8.03. The summed E-state index contributed by atoms with van der Waals surface area (Å²) in [6.07, 6.45) is 3.04. The monoisotopic (exact) mass is 313 g/mol. The lowest BCUT2D eigenvalue weighted by Gasteiger charge is -2.31. The van der Waals surface area contributed by atoms with E-state index in [4.69, 9.17) is 9.15 Å². The highest BCUT2D eigenvalue weighted by Crippen LogP contribution is 2.25. The lowest BCUT2D eigenvalue weighted by atomic mass is 10.1. The number of hydrogen-bond acceptors (Lipinski definition) is 5. The van der Waals surface area contributed by atoms with Crippen molar-refractivity contribution in [2.45, 2.75) is 32.3 Å². The number of fused-ring (bicyclic) bond motifs is 1. The van der Waals surface area contributed by atoms with Gasteiger partial charge in [0, 0.05) is 19.0 Å². The summed E-state index contributed by atoms with van der Waals surface area (Å²) in [7, 11) is 0. The topological polar surface area (TPSA) is 68.5 Å². The number of benzene rings is 1. The smallest absolute Gasteiger partial charge is 0.254 e. The Labute approximate surface area is 134 Å². The quantitative estimate of drug-likeness (QED) is 0.849. The van der Waals surface area contributed by atoms with Gasteiger partial charge in [0.1, 0.15) is 0 Å². The molecule has 2 heterocycles. The van der Waals surface area contributed by atoms with E-state index < -0.39 is 0 Å². The summed E-state index contributed by atoms with van der Waals surface area (Å²) in [5, 5.41) is 7.83. The van der Waals surface area contributed by atoms with Crippen LogP contribution < -0.4 is 0 Å². The fourth-order valence-electron chi connectivity index (χ4n) is 3.31. The van der Waals surface area contributed by atoms with Crippen LogP contribution in [0.15, 0.2) is 22.6 Å². The molecule has 0 spiro atoms. The van der Waals surface area contributed by atoms with Gasteiger partial charge in [0.05, 0.1) is 13.2 Å². The van der Waals surface area contributed by atoms with E-state index in [9.17, 15) is 4.79 Å². The first-order chi connectivity index (χ1) is 11.2. The van der Waals surface area contributed by atoms with Crippen LogP contribution >= 0.6 is 0 Å². The molecule has 0 N–H and O–H groups in total. The van der Waals surface area contributed by atoms with Crippen molar-refractivity contribution in [1.29, 1.82) is 0 Å². The van der Waals surface area contributed by atoms with Crippen molar-refractivity contribution in [3.05, 3.63) is 46.7 Å². The van der Waals surface area contributed by atoms with Crippen LogP contribution in [0.5, 0.6) is 0 Å². The maximum absolute atomic E-state index is 12.8. The molecule has 2 aromatic rings. The van der Waals surface area contributed by atoms with Gasteiger partial charge >= 0.3 is 0 Å². The summed E-state index contributed by atoms with van der Waals surface area (Å²) in [5.41, 5.74) is 3.45. The van der Waals surface area contributed by atoms with E-state index in [1.54, 1.807) is 6.92 Å². The zero-order valence-corrected chi connectivity index (χ0v) is 13.1. The molecule has 2 aliphatic rings. The van der Waals surface area contributed by atoms with Gasteiger partial charge in [0.25, 0.3) is 5.91 Å². The van der Waals surface area contributed by atoms with Crippen LogP contribution in [-0.4, -0.2) is 40.7 Å². The normalized spacial score (nSPS) is 20.6. The Morgan fingerprint density at radius 2 is 2.13 bits per heavy atom. The molecule has 4 rings (SSSR count). The highest BCUT2D eigenvalue weighted by molar-refractivity contribution is 5.94. The van der Waals surface area contributed by atoms with Crippen molar-refractivity contribution in [1.82, 2.24) is 15.1 Å². The van der Waals surface area contributed by atoms with E-state index in [-0.39, 0.29) is 12.0 Å². The minimum Gasteiger partial charge on any atom is -0.423 e. The molecule has 120 valence electrons. The van der Waals surface area contributed by atoms with Crippen LogP contribution in [0.1, 0.15) is 45.8 Å². The van der Waals surface area contributed by atoms with Crippen LogP contribution in [0.3, 0.4) is 0 Å².